The Morgan fingerprint density at radius 1 is 1.38 bits per heavy atom. The Labute approximate surface area is 106 Å². The number of hydrogen-bond donors (Lipinski definition) is 1. The summed E-state index contributed by atoms with van der Waals surface area (Å²) in [4.78, 5) is 0. The van der Waals surface area contributed by atoms with Crippen LogP contribution in [0.4, 0.5) is 4.39 Å². The van der Waals surface area contributed by atoms with E-state index in [0.717, 1.165) is 0 Å². The van der Waals surface area contributed by atoms with Crippen molar-refractivity contribution < 1.29 is 4.39 Å². The molecule has 2 atom stereocenters. The minimum Gasteiger partial charge on any atom is -0.310 e. The van der Waals surface area contributed by atoms with Crippen LogP contribution in [0.3, 0.4) is 0 Å². The standard InChI is InChI=1S/C12H16Cl2FN/c1-8(6-13)9(2)16-7-10-11(14)4-3-5-12(10)15/h3-5,8-9,16H,6-7H2,1-2H3. The Bertz CT molecular complexity index is 324. The Balaban J connectivity index is 2.61. The zero-order valence-corrected chi connectivity index (χ0v) is 10.9. The van der Waals surface area contributed by atoms with Gasteiger partial charge < -0.3 is 5.32 Å². The first-order chi connectivity index (χ1) is 7.56. The molecule has 16 heavy (non-hydrogen) atoms. The van der Waals surface area contributed by atoms with Crippen molar-refractivity contribution >= 4 is 23.2 Å². The second-order valence-electron chi connectivity index (χ2n) is 4.00. The first kappa shape index (κ1) is 13.8. The largest absolute Gasteiger partial charge is 0.310 e. The van der Waals surface area contributed by atoms with E-state index in [9.17, 15) is 4.39 Å². The van der Waals surface area contributed by atoms with E-state index < -0.39 is 0 Å². The average Bonchev–Trinajstić information content (AvgIpc) is 2.27. The van der Waals surface area contributed by atoms with Crippen molar-refractivity contribution in [2.24, 2.45) is 5.92 Å². The summed E-state index contributed by atoms with van der Waals surface area (Å²) >= 11 is 11.7. The van der Waals surface area contributed by atoms with Crippen LogP contribution >= 0.6 is 23.2 Å². The van der Waals surface area contributed by atoms with Gasteiger partial charge in [-0.1, -0.05) is 24.6 Å². The van der Waals surface area contributed by atoms with Crippen molar-refractivity contribution in [3.05, 3.63) is 34.6 Å². The molecule has 0 aromatic heterocycles. The normalized spacial score (nSPS) is 14.8. The van der Waals surface area contributed by atoms with Crippen LogP contribution in [0.5, 0.6) is 0 Å². The highest BCUT2D eigenvalue weighted by Gasteiger charge is 2.12. The lowest BCUT2D eigenvalue weighted by Gasteiger charge is -2.19. The van der Waals surface area contributed by atoms with Crippen LogP contribution in [-0.2, 0) is 6.54 Å². The van der Waals surface area contributed by atoms with Crippen LogP contribution in [0.15, 0.2) is 18.2 Å². The highest BCUT2D eigenvalue weighted by molar-refractivity contribution is 6.31. The molecular weight excluding hydrogens is 248 g/mol. The maximum Gasteiger partial charge on any atom is 0.129 e. The molecule has 90 valence electrons. The van der Waals surface area contributed by atoms with Crippen LogP contribution in [0.2, 0.25) is 5.02 Å². The Morgan fingerprint density at radius 2 is 2.06 bits per heavy atom. The van der Waals surface area contributed by atoms with Crippen LogP contribution in [-0.4, -0.2) is 11.9 Å². The number of hydrogen-bond acceptors (Lipinski definition) is 1. The predicted molar refractivity (Wildman–Crippen MR) is 67.6 cm³/mol. The SMILES string of the molecule is CC(CCl)C(C)NCc1c(F)cccc1Cl. The molecule has 0 aliphatic rings. The van der Waals surface area contributed by atoms with Gasteiger partial charge in [0.25, 0.3) is 0 Å². The monoisotopic (exact) mass is 263 g/mol. The second-order valence-corrected chi connectivity index (χ2v) is 4.72. The highest BCUT2D eigenvalue weighted by atomic mass is 35.5. The van der Waals surface area contributed by atoms with Crippen LogP contribution in [0.1, 0.15) is 19.4 Å². The lowest BCUT2D eigenvalue weighted by molar-refractivity contribution is 0.425. The van der Waals surface area contributed by atoms with Gasteiger partial charge in [0.1, 0.15) is 5.82 Å². The molecule has 1 aromatic rings. The Kier molecular flexibility index (Phi) is 5.53. The van der Waals surface area contributed by atoms with Crippen molar-refractivity contribution in [1.29, 1.82) is 0 Å². The third-order valence-corrected chi connectivity index (χ3v) is 3.60. The van der Waals surface area contributed by atoms with Gasteiger partial charge in [-0.25, -0.2) is 4.39 Å². The molecule has 0 amide bonds. The minimum atomic E-state index is -0.272. The molecule has 0 aliphatic heterocycles. The summed E-state index contributed by atoms with van der Waals surface area (Å²) in [6.07, 6.45) is 0. The Morgan fingerprint density at radius 3 is 2.62 bits per heavy atom. The Hall–Kier alpha value is -0.310. The molecule has 0 saturated heterocycles. The first-order valence-electron chi connectivity index (χ1n) is 5.28. The minimum absolute atomic E-state index is 0.230. The molecule has 1 N–H and O–H groups in total. The molecule has 0 saturated carbocycles. The highest BCUT2D eigenvalue weighted by Crippen LogP contribution is 2.19. The molecular formula is C12H16Cl2FN. The van der Waals surface area contributed by atoms with E-state index in [2.05, 4.69) is 5.32 Å². The smallest absolute Gasteiger partial charge is 0.129 e. The molecule has 4 heteroatoms. The number of nitrogens with one attached hydrogen (secondary N) is 1. The van der Waals surface area contributed by atoms with Gasteiger partial charge in [0.05, 0.1) is 0 Å². The van der Waals surface area contributed by atoms with Gasteiger partial charge in [-0.05, 0) is 25.0 Å². The van der Waals surface area contributed by atoms with E-state index in [-0.39, 0.29) is 11.9 Å². The summed E-state index contributed by atoms with van der Waals surface area (Å²) in [5.74, 6) is 0.650. The van der Waals surface area contributed by atoms with E-state index in [1.165, 1.54) is 6.07 Å². The van der Waals surface area contributed by atoms with Gasteiger partial charge in [-0.3, -0.25) is 0 Å². The summed E-state index contributed by atoms with van der Waals surface area (Å²) in [6, 6.07) is 4.94. The summed E-state index contributed by atoms with van der Waals surface area (Å²) in [6.45, 7) is 4.50. The molecule has 1 aromatic carbocycles. The topological polar surface area (TPSA) is 12.0 Å². The maximum absolute atomic E-state index is 13.4. The number of halogens is 3. The van der Waals surface area contributed by atoms with Crippen molar-refractivity contribution in [3.8, 4) is 0 Å². The summed E-state index contributed by atoms with van der Waals surface area (Å²) in [7, 11) is 0. The molecule has 1 rings (SSSR count). The molecule has 0 fully saturated rings. The van der Waals surface area contributed by atoms with Gasteiger partial charge in [-0.2, -0.15) is 0 Å². The molecule has 0 heterocycles. The molecule has 2 unspecified atom stereocenters. The fraction of sp³-hybridized carbons (Fsp3) is 0.500. The maximum atomic E-state index is 13.4. The van der Waals surface area contributed by atoms with E-state index >= 15 is 0 Å². The summed E-state index contributed by atoms with van der Waals surface area (Å²) in [5.41, 5.74) is 0.512. The van der Waals surface area contributed by atoms with Gasteiger partial charge in [0.15, 0.2) is 0 Å². The van der Waals surface area contributed by atoms with Crippen molar-refractivity contribution in [2.75, 3.05) is 5.88 Å². The molecule has 0 aliphatic carbocycles. The lowest BCUT2D eigenvalue weighted by atomic mass is 10.1. The third kappa shape index (κ3) is 3.62. The molecule has 0 spiro atoms. The van der Waals surface area contributed by atoms with E-state index in [1.807, 2.05) is 13.8 Å². The van der Waals surface area contributed by atoms with Crippen molar-refractivity contribution in [1.82, 2.24) is 5.32 Å². The number of rotatable bonds is 5. The zero-order chi connectivity index (χ0) is 12.1. The van der Waals surface area contributed by atoms with Gasteiger partial charge in [0.2, 0.25) is 0 Å². The predicted octanol–water partition coefficient (Wildman–Crippen LogP) is 3.83. The van der Waals surface area contributed by atoms with Crippen molar-refractivity contribution in [3.63, 3.8) is 0 Å². The van der Waals surface area contributed by atoms with Crippen LogP contribution < -0.4 is 5.32 Å². The molecule has 1 nitrogen and oxygen atoms in total. The van der Waals surface area contributed by atoms with Gasteiger partial charge in [0, 0.05) is 29.1 Å². The average molecular weight is 264 g/mol. The van der Waals surface area contributed by atoms with Gasteiger partial charge >= 0.3 is 0 Å². The zero-order valence-electron chi connectivity index (χ0n) is 9.43. The fourth-order valence-corrected chi connectivity index (χ4v) is 1.80. The van der Waals surface area contributed by atoms with Crippen LogP contribution in [0, 0.1) is 11.7 Å². The second kappa shape index (κ2) is 6.43. The van der Waals surface area contributed by atoms with E-state index in [0.29, 0.717) is 28.9 Å². The number of benzene rings is 1. The summed E-state index contributed by atoms with van der Waals surface area (Å²) in [5, 5.41) is 3.68. The molecule has 0 radical (unpaired) electrons. The third-order valence-electron chi connectivity index (χ3n) is 2.76. The number of alkyl halides is 1. The molecule has 0 bridgehead atoms. The first-order valence-corrected chi connectivity index (χ1v) is 6.19. The summed E-state index contributed by atoms with van der Waals surface area (Å²) < 4.78 is 13.4. The van der Waals surface area contributed by atoms with E-state index in [1.54, 1.807) is 12.1 Å². The lowest BCUT2D eigenvalue weighted by Crippen LogP contribution is -2.32. The van der Waals surface area contributed by atoms with Crippen molar-refractivity contribution in [2.45, 2.75) is 26.4 Å². The quantitative estimate of drug-likeness (QED) is 0.797. The van der Waals surface area contributed by atoms with E-state index in [4.69, 9.17) is 23.2 Å². The fourth-order valence-electron chi connectivity index (χ4n) is 1.30. The van der Waals surface area contributed by atoms with Crippen LogP contribution in [0.25, 0.3) is 0 Å². The van der Waals surface area contributed by atoms with Gasteiger partial charge in [-0.15, -0.1) is 11.6 Å².